The molecule has 1 heterocycles. The molecule has 1 N–H and O–H groups in total. The van der Waals surface area contributed by atoms with E-state index in [1.807, 2.05) is 12.2 Å². The summed E-state index contributed by atoms with van der Waals surface area (Å²) in [5.41, 5.74) is 0.702. The lowest BCUT2D eigenvalue weighted by Crippen LogP contribution is -2.31. The minimum atomic E-state index is -4.44. The highest BCUT2D eigenvalue weighted by Gasteiger charge is 2.44. The Labute approximate surface area is 147 Å². The molecule has 0 fully saturated rings. The molecule has 4 rings (SSSR count). The number of benzene rings is 2. The summed E-state index contributed by atoms with van der Waals surface area (Å²) >= 11 is 6.22. The molecule has 0 aromatic heterocycles. The van der Waals surface area contributed by atoms with E-state index in [2.05, 4.69) is 5.32 Å². The van der Waals surface area contributed by atoms with Gasteiger partial charge in [-0.2, -0.15) is 13.2 Å². The van der Waals surface area contributed by atoms with E-state index in [-0.39, 0.29) is 34.3 Å². The second kappa shape index (κ2) is 5.77. The van der Waals surface area contributed by atoms with Gasteiger partial charge in [-0.1, -0.05) is 35.9 Å². The molecule has 0 bridgehead atoms. The van der Waals surface area contributed by atoms with Gasteiger partial charge in [0.25, 0.3) is 0 Å². The molecule has 0 amide bonds. The first kappa shape index (κ1) is 16.5. The van der Waals surface area contributed by atoms with E-state index in [0.29, 0.717) is 12.1 Å². The quantitative estimate of drug-likeness (QED) is 0.459. The highest BCUT2D eigenvalue weighted by Crippen LogP contribution is 2.54. The van der Waals surface area contributed by atoms with E-state index in [9.17, 15) is 17.6 Å². The number of hydrogen-bond acceptors (Lipinski definition) is 1. The fourth-order valence-electron chi connectivity index (χ4n) is 3.92. The molecule has 130 valence electrons. The van der Waals surface area contributed by atoms with Crippen LogP contribution in [0.15, 0.2) is 48.6 Å². The van der Waals surface area contributed by atoms with Gasteiger partial charge >= 0.3 is 6.18 Å². The van der Waals surface area contributed by atoms with Crippen molar-refractivity contribution < 1.29 is 17.6 Å². The molecule has 25 heavy (non-hydrogen) atoms. The predicted molar refractivity (Wildman–Crippen MR) is 89.2 cm³/mol. The van der Waals surface area contributed by atoms with Crippen molar-refractivity contribution >= 4 is 17.3 Å². The Hall–Kier alpha value is -2.01. The fourth-order valence-corrected chi connectivity index (χ4v) is 4.14. The predicted octanol–water partition coefficient (Wildman–Crippen LogP) is 6.32. The fraction of sp³-hybridized carbons (Fsp3) is 0.263. The average molecular weight is 368 g/mol. The van der Waals surface area contributed by atoms with Gasteiger partial charge in [0.05, 0.1) is 22.3 Å². The van der Waals surface area contributed by atoms with Gasteiger partial charge in [0.1, 0.15) is 5.82 Å². The number of rotatable bonds is 1. The summed E-state index contributed by atoms with van der Waals surface area (Å²) in [6, 6.07) is 8.13. The van der Waals surface area contributed by atoms with Crippen LogP contribution in [0.5, 0.6) is 0 Å². The SMILES string of the molecule is Fc1ccc([C@@H]2Nc3c(Cl)ccc(C(F)(F)F)c3[C@H]3C=CC[C@@H]32)cc1. The Morgan fingerprint density at radius 3 is 2.44 bits per heavy atom. The van der Waals surface area contributed by atoms with Crippen LogP contribution in [0.3, 0.4) is 0 Å². The van der Waals surface area contributed by atoms with Crippen LogP contribution < -0.4 is 5.32 Å². The molecule has 1 aliphatic carbocycles. The van der Waals surface area contributed by atoms with E-state index < -0.39 is 11.7 Å². The number of fused-ring (bicyclic) bond motifs is 3. The van der Waals surface area contributed by atoms with Gasteiger partial charge in [-0.3, -0.25) is 0 Å². The van der Waals surface area contributed by atoms with Crippen LogP contribution in [-0.2, 0) is 6.18 Å². The van der Waals surface area contributed by atoms with Crippen molar-refractivity contribution in [3.8, 4) is 0 Å². The smallest absolute Gasteiger partial charge is 0.376 e. The monoisotopic (exact) mass is 367 g/mol. The van der Waals surface area contributed by atoms with Crippen LogP contribution in [0.25, 0.3) is 0 Å². The van der Waals surface area contributed by atoms with E-state index in [1.54, 1.807) is 12.1 Å². The van der Waals surface area contributed by atoms with Crippen LogP contribution in [0.2, 0.25) is 5.02 Å². The first-order valence-corrected chi connectivity index (χ1v) is 8.32. The summed E-state index contributed by atoms with van der Waals surface area (Å²) in [7, 11) is 0. The topological polar surface area (TPSA) is 12.0 Å². The molecule has 2 aromatic carbocycles. The lowest BCUT2D eigenvalue weighted by Gasteiger charge is -2.39. The van der Waals surface area contributed by atoms with Gasteiger partial charge in [-0.05, 0) is 47.7 Å². The Kier molecular flexibility index (Phi) is 3.80. The summed E-state index contributed by atoms with van der Waals surface area (Å²) < 4.78 is 53.7. The average Bonchev–Trinajstić information content (AvgIpc) is 3.04. The second-order valence-corrected chi connectivity index (χ2v) is 6.82. The van der Waals surface area contributed by atoms with E-state index in [1.165, 1.54) is 18.2 Å². The third-order valence-corrected chi connectivity index (χ3v) is 5.32. The molecule has 0 saturated carbocycles. The maximum absolute atomic E-state index is 13.5. The van der Waals surface area contributed by atoms with Crippen molar-refractivity contribution in [3.63, 3.8) is 0 Å². The van der Waals surface area contributed by atoms with Crippen molar-refractivity contribution in [1.29, 1.82) is 0 Å². The summed E-state index contributed by atoms with van der Waals surface area (Å²) in [5, 5.41) is 3.45. The first-order chi connectivity index (χ1) is 11.9. The minimum Gasteiger partial charge on any atom is -0.376 e. The Balaban J connectivity index is 1.87. The molecule has 6 heteroatoms. The summed E-state index contributed by atoms with van der Waals surface area (Å²) in [6.07, 6.45) is -0.0564. The van der Waals surface area contributed by atoms with Crippen molar-refractivity contribution in [3.05, 3.63) is 76.1 Å². The summed E-state index contributed by atoms with van der Waals surface area (Å²) in [4.78, 5) is 0. The molecule has 1 aliphatic heterocycles. The standard InChI is InChI=1S/C19H14ClF4N/c20-15-9-8-14(19(22,23)24)16-12-2-1-3-13(12)17(25-18(15)16)10-4-6-11(21)7-5-10/h1-2,4-9,12-13,17,25H,3H2/t12-,13-,17-/m0/s1. The number of hydrogen-bond donors (Lipinski definition) is 1. The van der Waals surface area contributed by atoms with Gasteiger partial charge in [-0.15, -0.1) is 0 Å². The molecular formula is C19H14ClF4N. The largest absolute Gasteiger partial charge is 0.416 e. The molecule has 3 atom stereocenters. The Morgan fingerprint density at radius 2 is 1.76 bits per heavy atom. The van der Waals surface area contributed by atoms with Crippen LogP contribution in [0.4, 0.5) is 23.2 Å². The molecule has 2 aromatic rings. The number of alkyl halides is 3. The van der Waals surface area contributed by atoms with Crippen molar-refractivity contribution in [2.45, 2.75) is 24.6 Å². The maximum atomic E-state index is 13.5. The van der Waals surface area contributed by atoms with E-state index in [4.69, 9.17) is 11.6 Å². The van der Waals surface area contributed by atoms with Gasteiger partial charge in [0.2, 0.25) is 0 Å². The Bertz CT molecular complexity index is 842. The third kappa shape index (κ3) is 2.71. The van der Waals surface area contributed by atoms with Crippen molar-refractivity contribution in [1.82, 2.24) is 0 Å². The van der Waals surface area contributed by atoms with E-state index >= 15 is 0 Å². The third-order valence-electron chi connectivity index (χ3n) is 5.00. The zero-order valence-corrected chi connectivity index (χ0v) is 13.7. The molecule has 0 spiro atoms. The lowest BCUT2D eigenvalue weighted by atomic mass is 9.75. The lowest BCUT2D eigenvalue weighted by molar-refractivity contribution is -0.138. The molecule has 0 radical (unpaired) electrons. The molecule has 0 unspecified atom stereocenters. The zero-order chi connectivity index (χ0) is 17.8. The zero-order valence-electron chi connectivity index (χ0n) is 12.9. The number of allylic oxidation sites excluding steroid dienone is 2. The van der Waals surface area contributed by atoms with Crippen LogP contribution >= 0.6 is 11.6 Å². The number of nitrogens with one attached hydrogen (secondary N) is 1. The number of anilines is 1. The summed E-state index contributed by atoms with van der Waals surface area (Å²) in [5.74, 6) is -0.794. The van der Waals surface area contributed by atoms with Crippen molar-refractivity contribution in [2.75, 3.05) is 5.32 Å². The van der Waals surface area contributed by atoms with Crippen LogP contribution in [0, 0.1) is 11.7 Å². The van der Waals surface area contributed by atoms with E-state index in [0.717, 1.165) is 11.6 Å². The molecule has 2 aliphatic rings. The van der Waals surface area contributed by atoms with Crippen LogP contribution in [-0.4, -0.2) is 0 Å². The van der Waals surface area contributed by atoms with Crippen LogP contribution in [0.1, 0.15) is 35.1 Å². The number of halogens is 5. The van der Waals surface area contributed by atoms with Gasteiger partial charge in [-0.25, -0.2) is 4.39 Å². The molecule has 1 nitrogen and oxygen atoms in total. The maximum Gasteiger partial charge on any atom is 0.416 e. The molecular weight excluding hydrogens is 354 g/mol. The highest BCUT2D eigenvalue weighted by molar-refractivity contribution is 6.33. The first-order valence-electron chi connectivity index (χ1n) is 7.94. The second-order valence-electron chi connectivity index (χ2n) is 6.41. The highest BCUT2D eigenvalue weighted by atomic mass is 35.5. The normalized spacial score (nSPS) is 24.6. The summed E-state index contributed by atoms with van der Waals surface area (Å²) in [6.45, 7) is 0. The minimum absolute atomic E-state index is 0.0717. The van der Waals surface area contributed by atoms with Gasteiger partial charge in [0, 0.05) is 5.92 Å². The molecule has 0 saturated heterocycles. The van der Waals surface area contributed by atoms with Gasteiger partial charge in [0.15, 0.2) is 0 Å². The van der Waals surface area contributed by atoms with Crippen molar-refractivity contribution in [2.24, 2.45) is 5.92 Å². The van der Waals surface area contributed by atoms with Gasteiger partial charge < -0.3 is 5.32 Å². The Morgan fingerprint density at radius 1 is 1.04 bits per heavy atom.